The van der Waals surface area contributed by atoms with E-state index >= 15 is 0 Å². The molecule has 1 N–H and O–H groups in total. The lowest BCUT2D eigenvalue weighted by atomic mass is 9.95. The largest absolute Gasteiger partial charge is 0.486 e. The Hall–Kier alpha value is -2.95. The van der Waals surface area contributed by atoms with E-state index in [1.807, 2.05) is 49.5 Å². The number of amides is 1. The van der Waals surface area contributed by atoms with Crippen molar-refractivity contribution in [2.24, 2.45) is 0 Å². The van der Waals surface area contributed by atoms with Gasteiger partial charge in [0.25, 0.3) is 5.91 Å². The van der Waals surface area contributed by atoms with Crippen molar-refractivity contribution < 1.29 is 14.3 Å². The van der Waals surface area contributed by atoms with Gasteiger partial charge in [-0.05, 0) is 61.6 Å². The molecule has 2 heterocycles. The smallest absolute Gasteiger partial charge is 0.253 e. The van der Waals surface area contributed by atoms with Crippen LogP contribution in [0.1, 0.15) is 34.5 Å². The number of likely N-dealkylation sites (N-methyl/N-ethyl adjacent to an activating group) is 1. The molecule has 5 heteroatoms. The fraction of sp³-hybridized carbons (Fsp3) is 0.348. The Morgan fingerprint density at radius 1 is 1.14 bits per heavy atom. The molecule has 2 aliphatic rings. The van der Waals surface area contributed by atoms with Crippen LogP contribution in [0.2, 0.25) is 0 Å². The summed E-state index contributed by atoms with van der Waals surface area (Å²) < 4.78 is 11.8. The van der Waals surface area contributed by atoms with Crippen molar-refractivity contribution in [3.63, 3.8) is 0 Å². The minimum Gasteiger partial charge on any atom is -0.486 e. The van der Waals surface area contributed by atoms with Crippen LogP contribution in [0.3, 0.4) is 0 Å². The topological polar surface area (TPSA) is 54.6 Å². The average Bonchev–Trinajstić information content (AvgIpc) is 3.11. The molecular weight excluding hydrogens is 352 g/mol. The molecule has 3 aromatic rings. The Morgan fingerprint density at radius 2 is 1.96 bits per heavy atom. The van der Waals surface area contributed by atoms with Crippen LogP contribution in [0.5, 0.6) is 11.5 Å². The van der Waals surface area contributed by atoms with Crippen molar-refractivity contribution in [1.82, 2.24) is 9.88 Å². The molecule has 2 aromatic carbocycles. The van der Waals surface area contributed by atoms with Crippen LogP contribution in [0.15, 0.2) is 42.5 Å². The maximum atomic E-state index is 13.0. The van der Waals surface area contributed by atoms with Gasteiger partial charge in [-0.3, -0.25) is 4.79 Å². The van der Waals surface area contributed by atoms with E-state index in [1.54, 1.807) is 4.90 Å². The van der Waals surface area contributed by atoms with Gasteiger partial charge in [0.15, 0.2) is 17.6 Å². The molecule has 5 nitrogen and oxygen atoms in total. The third-order valence-electron chi connectivity index (χ3n) is 5.74. The van der Waals surface area contributed by atoms with Crippen LogP contribution in [-0.2, 0) is 12.8 Å². The molecule has 1 aromatic heterocycles. The Morgan fingerprint density at radius 3 is 2.86 bits per heavy atom. The Balaban J connectivity index is 1.33. The highest BCUT2D eigenvalue weighted by Gasteiger charge is 2.25. The van der Waals surface area contributed by atoms with E-state index in [2.05, 4.69) is 4.98 Å². The Kier molecular flexibility index (Phi) is 4.23. The number of hydrogen-bond acceptors (Lipinski definition) is 3. The van der Waals surface area contributed by atoms with E-state index < -0.39 is 0 Å². The summed E-state index contributed by atoms with van der Waals surface area (Å²) in [5, 5.41) is 1.19. The van der Waals surface area contributed by atoms with E-state index in [0.717, 1.165) is 35.4 Å². The van der Waals surface area contributed by atoms with Crippen LogP contribution in [-0.4, -0.2) is 42.1 Å². The van der Waals surface area contributed by atoms with Gasteiger partial charge in [0, 0.05) is 29.2 Å². The molecule has 5 rings (SSSR count). The van der Waals surface area contributed by atoms with E-state index in [0.29, 0.717) is 13.2 Å². The number of aromatic nitrogens is 1. The summed E-state index contributed by atoms with van der Waals surface area (Å²) in [6.07, 6.45) is 4.48. The van der Waals surface area contributed by atoms with Crippen molar-refractivity contribution in [2.45, 2.75) is 31.8 Å². The fourth-order valence-electron chi connectivity index (χ4n) is 4.30. The third-order valence-corrected chi connectivity index (χ3v) is 5.74. The van der Waals surface area contributed by atoms with Crippen LogP contribution in [0, 0.1) is 0 Å². The molecule has 0 radical (unpaired) electrons. The Labute approximate surface area is 164 Å². The second kappa shape index (κ2) is 6.89. The molecule has 0 saturated carbocycles. The molecular formula is C23H24N2O3. The second-order valence-corrected chi connectivity index (χ2v) is 7.73. The van der Waals surface area contributed by atoms with Gasteiger partial charge in [0.2, 0.25) is 0 Å². The third kappa shape index (κ3) is 3.01. The number of aromatic amines is 1. The summed E-state index contributed by atoms with van der Waals surface area (Å²) in [5.41, 5.74) is 4.58. The summed E-state index contributed by atoms with van der Waals surface area (Å²) in [5.74, 6) is 1.51. The molecule has 1 amide bonds. The number of rotatable bonds is 3. The van der Waals surface area contributed by atoms with E-state index in [1.165, 1.54) is 29.5 Å². The van der Waals surface area contributed by atoms with Gasteiger partial charge in [0.1, 0.15) is 6.61 Å². The first-order chi connectivity index (χ1) is 13.7. The lowest BCUT2D eigenvalue weighted by molar-refractivity contribution is 0.0521. The highest BCUT2D eigenvalue weighted by atomic mass is 16.6. The SMILES string of the molecule is CN(CC1COc2ccccc2O1)C(=O)c1ccc2[nH]c3c(c2c1)CCCC3. The number of carbonyl (C=O) groups is 1. The summed E-state index contributed by atoms with van der Waals surface area (Å²) in [4.78, 5) is 18.3. The van der Waals surface area contributed by atoms with Gasteiger partial charge in [0.05, 0.1) is 6.54 Å². The lowest BCUT2D eigenvalue weighted by Gasteiger charge is -2.29. The van der Waals surface area contributed by atoms with Crippen LogP contribution in [0.25, 0.3) is 10.9 Å². The maximum Gasteiger partial charge on any atom is 0.253 e. The van der Waals surface area contributed by atoms with Gasteiger partial charge >= 0.3 is 0 Å². The first-order valence-electron chi connectivity index (χ1n) is 9.96. The van der Waals surface area contributed by atoms with Gasteiger partial charge in [-0.15, -0.1) is 0 Å². The molecule has 1 aliphatic carbocycles. The summed E-state index contributed by atoms with van der Waals surface area (Å²) in [6, 6.07) is 13.6. The van der Waals surface area contributed by atoms with Crippen molar-refractivity contribution >= 4 is 16.8 Å². The number of aryl methyl sites for hydroxylation is 2. The first-order valence-corrected chi connectivity index (χ1v) is 9.96. The minimum atomic E-state index is -0.174. The Bertz CT molecular complexity index is 1040. The normalized spacial score (nSPS) is 18.0. The summed E-state index contributed by atoms with van der Waals surface area (Å²) >= 11 is 0. The molecule has 0 bridgehead atoms. The number of nitrogens with one attached hydrogen (secondary N) is 1. The number of hydrogen-bond donors (Lipinski definition) is 1. The van der Waals surface area contributed by atoms with Gasteiger partial charge in [-0.25, -0.2) is 0 Å². The number of fused-ring (bicyclic) bond motifs is 4. The summed E-state index contributed by atoms with van der Waals surface area (Å²) in [7, 11) is 1.82. The molecule has 28 heavy (non-hydrogen) atoms. The van der Waals surface area contributed by atoms with Crippen LogP contribution in [0.4, 0.5) is 0 Å². The number of H-pyrrole nitrogens is 1. The fourth-order valence-corrected chi connectivity index (χ4v) is 4.30. The zero-order valence-electron chi connectivity index (χ0n) is 16.0. The number of benzene rings is 2. The summed E-state index contributed by atoms with van der Waals surface area (Å²) in [6.45, 7) is 0.926. The average molecular weight is 376 g/mol. The second-order valence-electron chi connectivity index (χ2n) is 7.73. The zero-order valence-corrected chi connectivity index (χ0v) is 16.0. The van der Waals surface area contributed by atoms with Crippen LogP contribution >= 0.6 is 0 Å². The van der Waals surface area contributed by atoms with E-state index in [-0.39, 0.29) is 12.0 Å². The lowest BCUT2D eigenvalue weighted by Crippen LogP contribution is -2.41. The van der Waals surface area contributed by atoms with E-state index in [4.69, 9.17) is 9.47 Å². The molecule has 1 aliphatic heterocycles. The molecule has 0 saturated heterocycles. The maximum absolute atomic E-state index is 13.0. The predicted octanol–water partition coefficient (Wildman–Crippen LogP) is 3.96. The number of ether oxygens (including phenoxy) is 2. The van der Waals surface area contributed by atoms with Gasteiger partial charge < -0.3 is 19.4 Å². The zero-order chi connectivity index (χ0) is 19.1. The van der Waals surface area contributed by atoms with Gasteiger partial charge in [-0.1, -0.05) is 12.1 Å². The molecule has 0 spiro atoms. The molecule has 1 unspecified atom stereocenters. The van der Waals surface area contributed by atoms with Crippen molar-refractivity contribution in [1.29, 1.82) is 0 Å². The predicted molar refractivity (Wildman–Crippen MR) is 108 cm³/mol. The van der Waals surface area contributed by atoms with Crippen molar-refractivity contribution in [3.8, 4) is 11.5 Å². The van der Waals surface area contributed by atoms with Gasteiger partial charge in [-0.2, -0.15) is 0 Å². The quantitative estimate of drug-likeness (QED) is 0.753. The van der Waals surface area contributed by atoms with E-state index in [9.17, 15) is 4.79 Å². The molecule has 1 atom stereocenters. The minimum absolute atomic E-state index is 0.00937. The van der Waals surface area contributed by atoms with Crippen molar-refractivity contribution in [2.75, 3.05) is 20.2 Å². The van der Waals surface area contributed by atoms with Crippen LogP contribution < -0.4 is 9.47 Å². The number of nitrogens with zero attached hydrogens (tertiary/aromatic N) is 1. The highest BCUT2D eigenvalue weighted by Crippen LogP contribution is 2.32. The number of para-hydroxylation sites is 2. The molecule has 144 valence electrons. The standard InChI is InChI=1S/C23H24N2O3/c1-25(13-16-14-27-21-8-4-5-9-22(21)28-16)23(26)15-10-11-20-18(12-15)17-6-2-3-7-19(17)24-20/h4-5,8-12,16,24H,2-3,6-7,13-14H2,1H3. The molecule has 0 fully saturated rings. The highest BCUT2D eigenvalue weighted by molar-refractivity contribution is 5.99. The number of carbonyl (C=O) groups excluding carboxylic acids is 1. The van der Waals surface area contributed by atoms with Crippen molar-refractivity contribution in [3.05, 3.63) is 59.3 Å². The monoisotopic (exact) mass is 376 g/mol. The first kappa shape index (κ1) is 17.2.